The molecule has 2 rings (SSSR count). The molecule has 0 aliphatic carbocycles. The molecule has 1 N–H and O–H groups in total. The second kappa shape index (κ2) is 6.57. The maximum Gasteiger partial charge on any atom is 0.159 e. The van der Waals surface area contributed by atoms with Crippen LogP contribution < -0.4 is 5.32 Å². The van der Waals surface area contributed by atoms with Crippen LogP contribution in [-0.2, 0) is 13.0 Å². The van der Waals surface area contributed by atoms with Gasteiger partial charge >= 0.3 is 0 Å². The molecule has 0 saturated carbocycles. The summed E-state index contributed by atoms with van der Waals surface area (Å²) in [6.45, 7) is 2.33. The molecule has 20 heavy (non-hydrogen) atoms. The monoisotopic (exact) mass is 279 g/mol. The van der Waals surface area contributed by atoms with Gasteiger partial charge in [0.25, 0.3) is 0 Å². The molecule has 0 aliphatic heterocycles. The van der Waals surface area contributed by atoms with E-state index in [2.05, 4.69) is 5.32 Å². The van der Waals surface area contributed by atoms with Gasteiger partial charge in [-0.05, 0) is 42.7 Å². The Bertz CT molecular complexity index is 584. The fourth-order valence-corrected chi connectivity index (χ4v) is 2.01. The predicted molar refractivity (Wildman–Crippen MR) is 72.8 cm³/mol. The maximum absolute atomic E-state index is 13.5. The van der Waals surface area contributed by atoms with Crippen molar-refractivity contribution in [2.45, 2.75) is 25.9 Å². The fourth-order valence-electron chi connectivity index (χ4n) is 2.01. The lowest BCUT2D eigenvalue weighted by Crippen LogP contribution is -2.28. The average Bonchev–Trinajstić information content (AvgIpc) is 2.43. The zero-order chi connectivity index (χ0) is 14.5. The summed E-state index contributed by atoms with van der Waals surface area (Å²) < 4.78 is 39.3. The highest BCUT2D eigenvalue weighted by atomic mass is 19.2. The smallest absolute Gasteiger partial charge is 0.159 e. The second-order valence-corrected chi connectivity index (χ2v) is 4.83. The lowest BCUT2D eigenvalue weighted by molar-refractivity contribution is 0.500. The van der Waals surface area contributed by atoms with E-state index in [1.54, 1.807) is 18.2 Å². The van der Waals surface area contributed by atoms with Crippen molar-refractivity contribution in [3.8, 4) is 0 Å². The lowest BCUT2D eigenvalue weighted by atomic mass is 10.1. The number of benzene rings is 2. The van der Waals surface area contributed by atoms with Crippen molar-refractivity contribution in [2.75, 3.05) is 0 Å². The molecule has 0 radical (unpaired) electrons. The molecule has 0 amide bonds. The Morgan fingerprint density at radius 3 is 2.40 bits per heavy atom. The number of halogens is 3. The minimum absolute atomic E-state index is 0.0278. The highest BCUT2D eigenvalue weighted by Crippen LogP contribution is 2.11. The molecule has 0 heterocycles. The van der Waals surface area contributed by atoms with Crippen LogP contribution in [0.1, 0.15) is 18.1 Å². The summed E-state index contributed by atoms with van der Waals surface area (Å²) in [5, 5.41) is 3.17. The van der Waals surface area contributed by atoms with E-state index < -0.39 is 11.6 Å². The van der Waals surface area contributed by atoms with Gasteiger partial charge in [0.15, 0.2) is 11.6 Å². The first-order valence-electron chi connectivity index (χ1n) is 6.47. The van der Waals surface area contributed by atoms with E-state index in [1.165, 1.54) is 12.1 Å². The molecule has 2 aromatic rings. The number of nitrogens with one attached hydrogen (secondary N) is 1. The van der Waals surface area contributed by atoms with Gasteiger partial charge in [-0.15, -0.1) is 0 Å². The first-order chi connectivity index (χ1) is 9.56. The minimum atomic E-state index is -0.856. The van der Waals surface area contributed by atoms with Crippen molar-refractivity contribution in [2.24, 2.45) is 0 Å². The Balaban J connectivity index is 1.90. The summed E-state index contributed by atoms with van der Waals surface area (Å²) in [4.78, 5) is 0. The summed E-state index contributed by atoms with van der Waals surface area (Å²) in [5.74, 6) is -1.94. The van der Waals surface area contributed by atoms with Crippen molar-refractivity contribution in [1.82, 2.24) is 5.32 Å². The summed E-state index contributed by atoms with van der Waals surface area (Å²) in [5.41, 5.74) is 1.29. The predicted octanol–water partition coefficient (Wildman–Crippen LogP) is 3.82. The van der Waals surface area contributed by atoms with Crippen LogP contribution in [-0.4, -0.2) is 6.04 Å². The molecule has 106 valence electrons. The molecule has 0 aliphatic rings. The standard InChI is InChI=1S/C16H16F3N/c1-11(8-13-4-2-3-5-14(13)17)20-10-12-6-7-15(18)16(19)9-12/h2-7,9,11,20H,8,10H2,1H3. The Hall–Kier alpha value is -1.81. The van der Waals surface area contributed by atoms with Crippen molar-refractivity contribution in [3.63, 3.8) is 0 Å². The third-order valence-corrected chi connectivity index (χ3v) is 3.12. The van der Waals surface area contributed by atoms with Gasteiger partial charge in [0.1, 0.15) is 5.82 Å². The molecule has 0 aromatic heterocycles. The molecule has 0 saturated heterocycles. The molecule has 1 atom stereocenters. The number of hydrogen-bond donors (Lipinski definition) is 1. The number of rotatable bonds is 5. The van der Waals surface area contributed by atoms with Gasteiger partial charge in [-0.3, -0.25) is 0 Å². The molecule has 0 spiro atoms. The van der Waals surface area contributed by atoms with E-state index in [4.69, 9.17) is 0 Å². The maximum atomic E-state index is 13.5. The zero-order valence-electron chi connectivity index (χ0n) is 11.2. The Kier molecular flexibility index (Phi) is 4.79. The third kappa shape index (κ3) is 3.84. The van der Waals surface area contributed by atoms with Crippen LogP contribution in [0.15, 0.2) is 42.5 Å². The Morgan fingerprint density at radius 2 is 1.70 bits per heavy atom. The van der Waals surface area contributed by atoms with E-state index in [0.29, 0.717) is 24.1 Å². The molecular weight excluding hydrogens is 263 g/mol. The van der Waals surface area contributed by atoms with Crippen LogP contribution >= 0.6 is 0 Å². The normalized spacial score (nSPS) is 12.4. The van der Waals surface area contributed by atoms with Gasteiger partial charge < -0.3 is 5.32 Å². The summed E-state index contributed by atoms with van der Waals surface area (Å²) in [7, 11) is 0. The molecule has 1 unspecified atom stereocenters. The zero-order valence-corrected chi connectivity index (χ0v) is 11.2. The van der Waals surface area contributed by atoms with E-state index in [1.807, 2.05) is 6.92 Å². The average molecular weight is 279 g/mol. The lowest BCUT2D eigenvalue weighted by Gasteiger charge is -2.14. The van der Waals surface area contributed by atoms with Gasteiger partial charge in [-0.25, -0.2) is 13.2 Å². The van der Waals surface area contributed by atoms with Crippen molar-refractivity contribution >= 4 is 0 Å². The van der Waals surface area contributed by atoms with E-state index in [0.717, 1.165) is 12.1 Å². The molecule has 2 aromatic carbocycles. The second-order valence-electron chi connectivity index (χ2n) is 4.83. The summed E-state index contributed by atoms with van der Waals surface area (Å²) in [6, 6.07) is 10.4. The first kappa shape index (κ1) is 14.6. The van der Waals surface area contributed by atoms with E-state index in [-0.39, 0.29) is 11.9 Å². The summed E-state index contributed by atoms with van der Waals surface area (Å²) in [6.07, 6.45) is 0.538. The van der Waals surface area contributed by atoms with Gasteiger partial charge in [0.05, 0.1) is 0 Å². The highest BCUT2D eigenvalue weighted by molar-refractivity contribution is 5.19. The minimum Gasteiger partial charge on any atom is -0.310 e. The van der Waals surface area contributed by atoms with Crippen LogP contribution in [0, 0.1) is 17.5 Å². The van der Waals surface area contributed by atoms with E-state index >= 15 is 0 Å². The van der Waals surface area contributed by atoms with Gasteiger partial charge in [-0.2, -0.15) is 0 Å². The quantitative estimate of drug-likeness (QED) is 0.877. The van der Waals surface area contributed by atoms with Crippen molar-refractivity contribution in [1.29, 1.82) is 0 Å². The Morgan fingerprint density at radius 1 is 0.950 bits per heavy atom. The highest BCUT2D eigenvalue weighted by Gasteiger charge is 2.08. The van der Waals surface area contributed by atoms with Crippen LogP contribution in [0.2, 0.25) is 0 Å². The van der Waals surface area contributed by atoms with Gasteiger partial charge in [0, 0.05) is 12.6 Å². The number of hydrogen-bond acceptors (Lipinski definition) is 1. The van der Waals surface area contributed by atoms with Crippen molar-refractivity contribution in [3.05, 3.63) is 71.0 Å². The fraction of sp³-hybridized carbons (Fsp3) is 0.250. The largest absolute Gasteiger partial charge is 0.310 e. The van der Waals surface area contributed by atoms with Crippen LogP contribution in [0.4, 0.5) is 13.2 Å². The summed E-state index contributed by atoms with van der Waals surface area (Å²) >= 11 is 0. The van der Waals surface area contributed by atoms with Crippen LogP contribution in [0.5, 0.6) is 0 Å². The first-order valence-corrected chi connectivity index (χ1v) is 6.47. The molecule has 4 heteroatoms. The third-order valence-electron chi connectivity index (χ3n) is 3.12. The van der Waals surface area contributed by atoms with Crippen molar-refractivity contribution < 1.29 is 13.2 Å². The molecule has 0 fully saturated rings. The van der Waals surface area contributed by atoms with Gasteiger partial charge in [-0.1, -0.05) is 24.3 Å². The SMILES string of the molecule is CC(Cc1ccccc1F)NCc1ccc(F)c(F)c1. The van der Waals surface area contributed by atoms with E-state index in [9.17, 15) is 13.2 Å². The van der Waals surface area contributed by atoms with Crippen LogP contribution in [0.3, 0.4) is 0 Å². The molecule has 1 nitrogen and oxygen atoms in total. The molecule has 0 bridgehead atoms. The van der Waals surface area contributed by atoms with Gasteiger partial charge in [0.2, 0.25) is 0 Å². The molecular formula is C16H16F3N. The Labute approximate surface area is 116 Å². The topological polar surface area (TPSA) is 12.0 Å². The van der Waals surface area contributed by atoms with Crippen LogP contribution in [0.25, 0.3) is 0 Å².